The molecular formula is C22H38O3. The van der Waals surface area contributed by atoms with Gasteiger partial charge in [-0.2, -0.15) is 0 Å². The lowest BCUT2D eigenvalue weighted by Crippen LogP contribution is -2.56. The summed E-state index contributed by atoms with van der Waals surface area (Å²) in [7, 11) is 0. The topological polar surface area (TPSA) is 46.5 Å². The fourth-order valence-corrected chi connectivity index (χ4v) is 6.61. The molecule has 0 radical (unpaired) electrons. The zero-order valence-electron chi connectivity index (χ0n) is 16.8. The van der Waals surface area contributed by atoms with E-state index in [1.807, 2.05) is 20.8 Å². The highest BCUT2D eigenvalue weighted by Crippen LogP contribution is 2.67. The predicted octanol–water partition coefficient (Wildman–Crippen LogP) is 4.96. The number of hydrogen-bond donors (Lipinski definition) is 1. The van der Waals surface area contributed by atoms with E-state index >= 15 is 0 Å². The molecule has 4 rings (SSSR count). The smallest absolute Gasteiger partial charge is 0.311 e. The van der Waals surface area contributed by atoms with Crippen LogP contribution < -0.4 is 0 Å². The molecule has 1 unspecified atom stereocenters. The van der Waals surface area contributed by atoms with Gasteiger partial charge in [-0.15, -0.1) is 0 Å². The van der Waals surface area contributed by atoms with Gasteiger partial charge in [-0.1, -0.05) is 13.8 Å². The normalized spacial score (nSPS) is 36.3. The molecule has 3 heteroatoms. The largest absolute Gasteiger partial charge is 0.465 e. The number of hydrogen-bond acceptors (Lipinski definition) is 3. The van der Waals surface area contributed by atoms with Crippen LogP contribution in [0.15, 0.2) is 0 Å². The highest BCUT2D eigenvalue weighted by molar-refractivity contribution is 5.75. The quantitative estimate of drug-likeness (QED) is 0.629. The van der Waals surface area contributed by atoms with Crippen LogP contribution in [0.3, 0.4) is 0 Å². The fraction of sp³-hybridized carbons (Fsp3) is 0.955. The molecular weight excluding hydrogens is 312 g/mol. The second-order valence-electron chi connectivity index (χ2n) is 10.1. The van der Waals surface area contributed by atoms with Gasteiger partial charge >= 0.3 is 5.97 Å². The molecule has 0 aliphatic heterocycles. The van der Waals surface area contributed by atoms with E-state index in [-0.39, 0.29) is 23.4 Å². The van der Waals surface area contributed by atoms with Gasteiger partial charge in [0.05, 0.1) is 12.0 Å². The minimum absolute atomic E-state index is 0.0698. The third kappa shape index (κ3) is 3.26. The molecule has 4 aliphatic carbocycles. The van der Waals surface area contributed by atoms with Crippen LogP contribution in [-0.2, 0) is 9.53 Å². The lowest BCUT2D eigenvalue weighted by Gasteiger charge is -2.63. The van der Waals surface area contributed by atoms with Gasteiger partial charge in [-0.05, 0) is 94.8 Å². The van der Waals surface area contributed by atoms with Crippen molar-refractivity contribution in [1.82, 2.24) is 0 Å². The van der Waals surface area contributed by atoms with Gasteiger partial charge in [0.15, 0.2) is 0 Å². The van der Waals surface area contributed by atoms with Crippen LogP contribution in [0.4, 0.5) is 0 Å². The van der Waals surface area contributed by atoms with E-state index in [4.69, 9.17) is 4.74 Å². The lowest BCUT2D eigenvalue weighted by molar-refractivity contribution is -0.168. The van der Waals surface area contributed by atoms with Crippen molar-refractivity contribution < 1.29 is 14.6 Å². The Labute approximate surface area is 153 Å². The second kappa shape index (κ2) is 6.87. The predicted molar refractivity (Wildman–Crippen MR) is 100 cm³/mol. The minimum atomic E-state index is -0.408. The number of aliphatic hydroxyl groups excluding tert-OH is 1. The number of aliphatic hydroxyl groups is 1. The highest BCUT2D eigenvalue weighted by Gasteiger charge is 2.59. The van der Waals surface area contributed by atoms with Gasteiger partial charge in [0.2, 0.25) is 0 Å². The molecule has 4 fully saturated rings. The Balaban J connectivity index is 1.71. The molecule has 4 aliphatic rings. The van der Waals surface area contributed by atoms with Gasteiger partial charge in [-0.3, -0.25) is 4.79 Å². The fourth-order valence-electron chi connectivity index (χ4n) is 6.61. The van der Waals surface area contributed by atoms with Crippen LogP contribution in [0.25, 0.3) is 0 Å². The van der Waals surface area contributed by atoms with E-state index in [0.717, 1.165) is 37.0 Å². The molecule has 1 atom stereocenters. The molecule has 0 heterocycles. The number of carbonyl (C=O) groups excluding carboxylic acids is 1. The van der Waals surface area contributed by atoms with E-state index in [2.05, 4.69) is 6.92 Å². The number of carbonyl (C=O) groups is 1. The molecule has 3 nitrogen and oxygen atoms in total. The Kier molecular flexibility index (Phi) is 5.27. The summed E-state index contributed by atoms with van der Waals surface area (Å²) in [6.45, 7) is 8.86. The molecule has 1 N–H and O–H groups in total. The van der Waals surface area contributed by atoms with Gasteiger partial charge in [-0.25, -0.2) is 0 Å². The zero-order valence-corrected chi connectivity index (χ0v) is 16.8. The van der Waals surface area contributed by atoms with Crippen molar-refractivity contribution in [2.45, 2.75) is 85.5 Å². The van der Waals surface area contributed by atoms with E-state index in [1.165, 1.54) is 38.5 Å². The Bertz CT molecular complexity index is 454. The second-order valence-corrected chi connectivity index (χ2v) is 10.1. The van der Waals surface area contributed by atoms with E-state index in [9.17, 15) is 9.90 Å². The summed E-state index contributed by atoms with van der Waals surface area (Å²) < 4.78 is 5.67. The van der Waals surface area contributed by atoms with E-state index < -0.39 is 5.41 Å². The van der Waals surface area contributed by atoms with Crippen molar-refractivity contribution >= 4 is 5.97 Å². The standard InChI is InChI=1S/C22H38O3/c1-5-20(3,4)19(24)25-8-7-21(6-2,15-23)22-12-16-9-17(13-22)11-18(10-16)14-22/h16-18,23H,5-15H2,1-4H3. The Hall–Kier alpha value is -0.570. The van der Waals surface area contributed by atoms with Crippen LogP contribution in [0.5, 0.6) is 0 Å². The molecule has 0 spiro atoms. The van der Waals surface area contributed by atoms with Gasteiger partial charge in [0, 0.05) is 12.0 Å². The first-order valence-electron chi connectivity index (χ1n) is 10.6. The zero-order chi connectivity index (χ0) is 18.3. The van der Waals surface area contributed by atoms with Gasteiger partial charge in [0.1, 0.15) is 0 Å². The van der Waals surface area contributed by atoms with Crippen LogP contribution in [0.1, 0.15) is 85.5 Å². The first kappa shape index (κ1) is 19.2. The lowest BCUT2D eigenvalue weighted by atomic mass is 9.42. The van der Waals surface area contributed by atoms with Crippen molar-refractivity contribution in [1.29, 1.82) is 0 Å². The molecule has 0 aromatic carbocycles. The summed E-state index contributed by atoms with van der Waals surface area (Å²) in [4.78, 5) is 12.3. The summed E-state index contributed by atoms with van der Waals surface area (Å²) in [5.41, 5.74) is -0.188. The van der Waals surface area contributed by atoms with Crippen molar-refractivity contribution in [3.8, 4) is 0 Å². The molecule has 25 heavy (non-hydrogen) atoms. The van der Waals surface area contributed by atoms with Crippen molar-refractivity contribution in [3.05, 3.63) is 0 Å². The Morgan fingerprint density at radius 3 is 1.96 bits per heavy atom. The van der Waals surface area contributed by atoms with Crippen LogP contribution >= 0.6 is 0 Å². The number of esters is 1. The number of rotatable bonds is 8. The maximum atomic E-state index is 12.3. The first-order valence-corrected chi connectivity index (χ1v) is 10.6. The summed E-state index contributed by atoms with van der Waals surface area (Å²) in [6.07, 6.45) is 10.7. The van der Waals surface area contributed by atoms with Crippen molar-refractivity contribution in [3.63, 3.8) is 0 Å². The average molecular weight is 351 g/mol. The molecule has 0 amide bonds. The first-order chi connectivity index (χ1) is 11.8. The molecule has 4 saturated carbocycles. The van der Waals surface area contributed by atoms with Crippen LogP contribution in [-0.4, -0.2) is 24.3 Å². The minimum Gasteiger partial charge on any atom is -0.465 e. The van der Waals surface area contributed by atoms with Crippen LogP contribution in [0.2, 0.25) is 0 Å². The van der Waals surface area contributed by atoms with E-state index in [0.29, 0.717) is 6.61 Å². The maximum absolute atomic E-state index is 12.3. The Morgan fingerprint density at radius 1 is 1.04 bits per heavy atom. The van der Waals surface area contributed by atoms with E-state index in [1.54, 1.807) is 0 Å². The number of ether oxygens (including phenoxy) is 1. The molecule has 0 aromatic rings. The third-order valence-electron chi connectivity index (χ3n) is 8.39. The van der Waals surface area contributed by atoms with Crippen molar-refractivity contribution in [2.75, 3.05) is 13.2 Å². The summed E-state index contributed by atoms with van der Waals surface area (Å²) in [5.74, 6) is 2.55. The summed E-state index contributed by atoms with van der Waals surface area (Å²) in [6, 6.07) is 0. The van der Waals surface area contributed by atoms with Gasteiger partial charge in [0.25, 0.3) is 0 Å². The highest BCUT2D eigenvalue weighted by atomic mass is 16.5. The maximum Gasteiger partial charge on any atom is 0.311 e. The third-order valence-corrected chi connectivity index (χ3v) is 8.39. The summed E-state index contributed by atoms with van der Waals surface area (Å²) >= 11 is 0. The summed E-state index contributed by atoms with van der Waals surface area (Å²) in [5, 5.41) is 10.5. The molecule has 144 valence electrons. The van der Waals surface area contributed by atoms with Crippen LogP contribution in [0, 0.1) is 34.0 Å². The SMILES string of the molecule is CCC(C)(C)C(=O)OCCC(CC)(CO)C12CC3CC(CC(C3)C1)C2. The molecule has 0 aromatic heterocycles. The monoisotopic (exact) mass is 350 g/mol. The molecule has 4 bridgehead atoms. The Morgan fingerprint density at radius 2 is 1.56 bits per heavy atom. The molecule has 0 saturated heterocycles. The average Bonchev–Trinajstić information content (AvgIpc) is 2.57. The van der Waals surface area contributed by atoms with Gasteiger partial charge < -0.3 is 9.84 Å². The van der Waals surface area contributed by atoms with Crippen molar-refractivity contribution in [2.24, 2.45) is 34.0 Å².